The first-order valence-corrected chi connectivity index (χ1v) is 11.2. The molecule has 1 aromatic carbocycles. The van der Waals surface area contributed by atoms with Gasteiger partial charge in [0.2, 0.25) is 12.7 Å². The van der Waals surface area contributed by atoms with Crippen molar-refractivity contribution in [3.05, 3.63) is 30.0 Å². The summed E-state index contributed by atoms with van der Waals surface area (Å²) >= 11 is 0. The molecule has 31 heavy (non-hydrogen) atoms. The maximum Gasteiger partial charge on any atom is 0.248 e. The van der Waals surface area contributed by atoms with Crippen LogP contribution in [0.15, 0.2) is 28.8 Å². The number of fused-ring (bicyclic) bond motifs is 1. The third kappa shape index (κ3) is 4.70. The van der Waals surface area contributed by atoms with Crippen LogP contribution in [-0.2, 0) is 16.1 Å². The number of hydrogen-bond donors (Lipinski definition) is 0. The molecule has 0 N–H and O–H groups in total. The molecular formula is C23H29N3O5. The standard InChI is InChI=1S/C23H29N3O5/c27-23(26-10-6-19(7-11-26)25-8-2-1-3-9-25)15-28-14-18-13-21(31-24-18)17-4-5-20-22(12-17)30-16-29-20/h4-5,12-13,19H,1-3,6-11,14-16H2. The van der Waals surface area contributed by atoms with Crippen LogP contribution in [0.4, 0.5) is 0 Å². The van der Waals surface area contributed by atoms with Gasteiger partial charge in [0.05, 0.1) is 6.61 Å². The number of piperidine rings is 2. The Morgan fingerprint density at radius 1 is 1.03 bits per heavy atom. The predicted octanol–water partition coefficient (Wildman–Crippen LogP) is 3.06. The zero-order chi connectivity index (χ0) is 21.0. The van der Waals surface area contributed by atoms with Crippen LogP contribution in [0, 0.1) is 0 Å². The Kier molecular flexibility index (Phi) is 6.08. The summed E-state index contributed by atoms with van der Waals surface area (Å²) in [7, 11) is 0. The molecule has 0 saturated carbocycles. The molecule has 4 heterocycles. The van der Waals surface area contributed by atoms with E-state index < -0.39 is 0 Å². The maximum atomic E-state index is 12.5. The van der Waals surface area contributed by atoms with Gasteiger partial charge in [-0.15, -0.1) is 0 Å². The van der Waals surface area contributed by atoms with E-state index in [-0.39, 0.29) is 25.9 Å². The Labute approximate surface area is 182 Å². The number of aromatic nitrogens is 1. The molecule has 0 radical (unpaired) electrons. The Bertz CT molecular complexity index is 900. The number of nitrogens with zero attached hydrogens (tertiary/aromatic N) is 3. The molecule has 2 fully saturated rings. The minimum Gasteiger partial charge on any atom is -0.454 e. The van der Waals surface area contributed by atoms with Crippen molar-refractivity contribution in [2.45, 2.75) is 44.8 Å². The highest BCUT2D eigenvalue weighted by Crippen LogP contribution is 2.36. The summed E-state index contributed by atoms with van der Waals surface area (Å²) in [6.45, 7) is 4.62. The SMILES string of the molecule is O=C(COCc1cc(-c2ccc3c(c2)OCO3)on1)N1CCC(N2CCCCC2)CC1. The molecule has 0 aliphatic carbocycles. The third-order valence-corrected chi connectivity index (χ3v) is 6.42. The van der Waals surface area contributed by atoms with Crippen LogP contribution >= 0.6 is 0 Å². The number of ether oxygens (including phenoxy) is 3. The van der Waals surface area contributed by atoms with E-state index in [1.807, 2.05) is 29.2 Å². The number of carbonyl (C=O) groups is 1. The average Bonchev–Trinajstić information content (AvgIpc) is 3.49. The van der Waals surface area contributed by atoms with E-state index in [1.54, 1.807) is 0 Å². The minimum absolute atomic E-state index is 0.0524. The fourth-order valence-corrected chi connectivity index (χ4v) is 4.66. The second kappa shape index (κ2) is 9.28. The van der Waals surface area contributed by atoms with E-state index in [0.29, 0.717) is 23.2 Å². The number of carbonyl (C=O) groups excluding carboxylic acids is 1. The first kappa shape index (κ1) is 20.3. The minimum atomic E-state index is 0.0524. The Morgan fingerprint density at radius 3 is 2.68 bits per heavy atom. The predicted molar refractivity (Wildman–Crippen MR) is 113 cm³/mol. The molecule has 2 aromatic rings. The summed E-state index contributed by atoms with van der Waals surface area (Å²) in [4.78, 5) is 17.1. The van der Waals surface area contributed by atoms with Crippen molar-refractivity contribution in [2.24, 2.45) is 0 Å². The van der Waals surface area contributed by atoms with Crippen LogP contribution < -0.4 is 9.47 Å². The first-order valence-electron chi connectivity index (χ1n) is 11.2. The van der Waals surface area contributed by atoms with Gasteiger partial charge in [0.1, 0.15) is 12.3 Å². The van der Waals surface area contributed by atoms with Crippen molar-refractivity contribution in [3.63, 3.8) is 0 Å². The zero-order valence-electron chi connectivity index (χ0n) is 17.8. The summed E-state index contributed by atoms with van der Waals surface area (Å²) < 4.78 is 21.8. The monoisotopic (exact) mass is 427 g/mol. The highest BCUT2D eigenvalue weighted by Gasteiger charge is 2.27. The summed E-state index contributed by atoms with van der Waals surface area (Å²) in [5, 5.41) is 4.05. The molecule has 1 amide bonds. The highest BCUT2D eigenvalue weighted by molar-refractivity contribution is 5.77. The smallest absolute Gasteiger partial charge is 0.248 e. The fourth-order valence-electron chi connectivity index (χ4n) is 4.66. The lowest BCUT2D eigenvalue weighted by atomic mass is 10.00. The van der Waals surface area contributed by atoms with Gasteiger partial charge in [0.15, 0.2) is 17.3 Å². The largest absolute Gasteiger partial charge is 0.454 e. The van der Waals surface area contributed by atoms with Crippen molar-refractivity contribution in [2.75, 3.05) is 39.6 Å². The van der Waals surface area contributed by atoms with Gasteiger partial charge in [-0.05, 0) is 57.0 Å². The average molecular weight is 428 g/mol. The second-order valence-corrected chi connectivity index (χ2v) is 8.45. The van der Waals surface area contributed by atoms with Crippen LogP contribution in [0.1, 0.15) is 37.8 Å². The molecule has 3 aliphatic heterocycles. The van der Waals surface area contributed by atoms with Gasteiger partial charge in [-0.2, -0.15) is 0 Å². The Hall–Kier alpha value is -2.58. The lowest BCUT2D eigenvalue weighted by Gasteiger charge is -2.40. The molecule has 8 heteroatoms. The van der Waals surface area contributed by atoms with Crippen molar-refractivity contribution in [3.8, 4) is 22.8 Å². The van der Waals surface area contributed by atoms with Gasteiger partial charge >= 0.3 is 0 Å². The van der Waals surface area contributed by atoms with Gasteiger partial charge < -0.3 is 28.5 Å². The number of benzene rings is 1. The van der Waals surface area contributed by atoms with E-state index in [1.165, 1.54) is 32.4 Å². The quantitative estimate of drug-likeness (QED) is 0.701. The molecule has 0 spiro atoms. The molecule has 166 valence electrons. The summed E-state index contributed by atoms with van der Waals surface area (Å²) in [5.74, 6) is 2.10. The Morgan fingerprint density at radius 2 is 1.84 bits per heavy atom. The topological polar surface area (TPSA) is 77.3 Å². The number of amides is 1. The molecular weight excluding hydrogens is 398 g/mol. The van der Waals surface area contributed by atoms with Crippen LogP contribution in [0.25, 0.3) is 11.3 Å². The molecule has 1 aromatic heterocycles. The van der Waals surface area contributed by atoms with Crippen LogP contribution in [0.2, 0.25) is 0 Å². The van der Waals surface area contributed by atoms with E-state index >= 15 is 0 Å². The molecule has 3 aliphatic rings. The van der Waals surface area contributed by atoms with Gasteiger partial charge in [-0.1, -0.05) is 11.6 Å². The second-order valence-electron chi connectivity index (χ2n) is 8.45. The van der Waals surface area contributed by atoms with Gasteiger partial charge in [-0.25, -0.2) is 0 Å². The molecule has 0 atom stereocenters. The first-order chi connectivity index (χ1) is 15.3. The zero-order valence-corrected chi connectivity index (χ0v) is 17.8. The van der Waals surface area contributed by atoms with Crippen molar-refractivity contribution in [1.82, 2.24) is 15.0 Å². The van der Waals surface area contributed by atoms with E-state index in [9.17, 15) is 4.79 Å². The van der Waals surface area contributed by atoms with E-state index in [2.05, 4.69) is 10.1 Å². The van der Waals surface area contributed by atoms with Crippen molar-refractivity contribution in [1.29, 1.82) is 0 Å². The van der Waals surface area contributed by atoms with E-state index in [0.717, 1.165) is 37.2 Å². The Balaban J connectivity index is 1.07. The lowest BCUT2D eigenvalue weighted by Crippen LogP contribution is -2.48. The normalized spacial score (nSPS) is 19.7. The van der Waals surface area contributed by atoms with E-state index in [4.69, 9.17) is 18.7 Å². The van der Waals surface area contributed by atoms with Crippen LogP contribution in [-0.4, -0.2) is 66.5 Å². The molecule has 8 nitrogen and oxygen atoms in total. The summed E-state index contributed by atoms with van der Waals surface area (Å²) in [6, 6.07) is 8.07. The fraction of sp³-hybridized carbons (Fsp3) is 0.565. The lowest BCUT2D eigenvalue weighted by molar-refractivity contribution is -0.138. The highest BCUT2D eigenvalue weighted by atomic mass is 16.7. The molecule has 0 bridgehead atoms. The molecule has 0 unspecified atom stereocenters. The number of hydrogen-bond acceptors (Lipinski definition) is 7. The van der Waals surface area contributed by atoms with Crippen LogP contribution in [0.5, 0.6) is 11.5 Å². The van der Waals surface area contributed by atoms with Gasteiger partial charge in [0.25, 0.3) is 0 Å². The van der Waals surface area contributed by atoms with Crippen molar-refractivity contribution < 1.29 is 23.5 Å². The summed E-state index contributed by atoms with van der Waals surface area (Å²) in [6.07, 6.45) is 6.10. The van der Waals surface area contributed by atoms with Gasteiger partial charge in [-0.3, -0.25) is 4.79 Å². The maximum absolute atomic E-state index is 12.5. The summed E-state index contributed by atoms with van der Waals surface area (Å²) in [5.41, 5.74) is 1.51. The third-order valence-electron chi connectivity index (χ3n) is 6.42. The molecule has 5 rings (SSSR count). The number of likely N-dealkylation sites (tertiary alicyclic amines) is 2. The van der Waals surface area contributed by atoms with Gasteiger partial charge in [0, 0.05) is 30.8 Å². The molecule has 2 saturated heterocycles. The van der Waals surface area contributed by atoms with Crippen LogP contribution in [0.3, 0.4) is 0 Å². The van der Waals surface area contributed by atoms with Crippen molar-refractivity contribution >= 4 is 5.91 Å². The number of rotatable bonds is 6.